The number of nitrogens with zero attached hydrogens (tertiary/aromatic N) is 1. The molecule has 18 heavy (non-hydrogen) atoms. The molecule has 0 aromatic carbocycles. The molecule has 1 atom stereocenters. The van der Waals surface area contributed by atoms with Crippen molar-refractivity contribution in [2.45, 2.75) is 71.6 Å². The van der Waals surface area contributed by atoms with Crippen LogP contribution >= 0.6 is 0 Å². The molecule has 0 aliphatic rings. The summed E-state index contributed by atoms with van der Waals surface area (Å²) in [5.74, 6) is -0.581. The Labute approximate surface area is 112 Å². The highest BCUT2D eigenvalue weighted by atomic mass is 16.1. The Hall–Kier alpha value is -1.04. The zero-order valence-corrected chi connectivity index (χ0v) is 12.0. The third-order valence-corrected chi connectivity index (χ3v) is 3.21. The minimum absolute atomic E-state index is 0.108. The molecule has 0 fully saturated rings. The van der Waals surface area contributed by atoms with Crippen LogP contribution in [-0.4, -0.2) is 12.5 Å². The Morgan fingerprint density at radius 2 is 1.61 bits per heavy atom. The van der Waals surface area contributed by atoms with E-state index < -0.39 is 5.92 Å². The largest absolute Gasteiger partial charge is 0.355 e. The van der Waals surface area contributed by atoms with Crippen molar-refractivity contribution in [1.29, 1.82) is 5.26 Å². The molecule has 0 aliphatic carbocycles. The lowest BCUT2D eigenvalue weighted by atomic mass is 10.1. The third kappa shape index (κ3) is 9.04. The first-order valence-corrected chi connectivity index (χ1v) is 7.43. The molecule has 0 aromatic heterocycles. The quantitative estimate of drug-likeness (QED) is 0.569. The van der Waals surface area contributed by atoms with Gasteiger partial charge in [-0.15, -0.1) is 0 Å². The number of amides is 1. The highest BCUT2D eigenvalue weighted by molar-refractivity contribution is 5.80. The Morgan fingerprint density at radius 1 is 1.06 bits per heavy atom. The van der Waals surface area contributed by atoms with Crippen LogP contribution in [0.15, 0.2) is 0 Å². The van der Waals surface area contributed by atoms with E-state index in [1.807, 2.05) is 13.0 Å². The van der Waals surface area contributed by atoms with E-state index in [1.54, 1.807) is 0 Å². The van der Waals surface area contributed by atoms with Crippen LogP contribution in [0.25, 0.3) is 0 Å². The summed E-state index contributed by atoms with van der Waals surface area (Å²) < 4.78 is 0. The van der Waals surface area contributed by atoms with Gasteiger partial charge in [0.1, 0.15) is 5.92 Å². The minimum Gasteiger partial charge on any atom is -0.355 e. The lowest BCUT2D eigenvalue weighted by Gasteiger charge is -2.07. The Kier molecular flexibility index (Phi) is 11.7. The van der Waals surface area contributed by atoms with Gasteiger partial charge in [0.25, 0.3) is 0 Å². The fourth-order valence-corrected chi connectivity index (χ4v) is 1.93. The molecule has 0 saturated carbocycles. The maximum atomic E-state index is 11.5. The summed E-state index contributed by atoms with van der Waals surface area (Å²) in [4.78, 5) is 11.5. The number of carbonyl (C=O) groups excluding carboxylic acids is 1. The third-order valence-electron chi connectivity index (χ3n) is 3.21. The molecular formula is C15H28N2O. The summed E-state index contributed by atoms with van der Waals surface area (Å²) in [6, 6.07) is 2.02. The van der Waals surface area contributed by atoms with Crippen LogP contribution in [-0.2, 0) is 4.79 Å². The van der Waals surface area contributed by atoms with Crippen molar-refractivity contribution in [3.63, 3.8) is 0 Å². The van der Waals surface area contributed by atoms with Crippen LogP contribution < -0.4 is 5.32 Å². The van der Waals surface area contributed by atoms with Crippen molar-refractivity contribution in [2.75, 3.05) is 6.54 Å². The number of hydrogen-bond acceptors (Lipinski definition) is 2. The summed E-state index contributed by atoms with van der Waals surface area (Å²) in [6.45, 7) is 4.81. The Balaban J connectivity index is 3.30. The van der Waals surface area contributed by atoms with Gasteiger partial charge >= 0.3 is 0 Å². The molecule has 0 radical (unpaired) electrons. The number of nitrogens with one attached hydrogen (secondary N) is 1. The number of carbonyl (C=O) groups is 1. The second-order valence-corrected chi connectivity index (χ2v) is 4.86. The maximum absolute atomic E-state index is 11.5. The summed E-state index contributed by atoms with van der Waals surface area (Å²) >= 11 is 0. The first-order valence-electron chi connectivity index (χ1n) is 7.43. The first kappa shape index (κ1) is 17.0. The van der Waals surface area contributed by atoms with E-state index in [1.165, 1.54) is 44.9 Å². The number of nitriles is 1. The van der Waals surface area contributed by atoms with Crippen LogP contribution in [0.3, 0.4) is 0 Å². The summed E-state index contributed by atoms with van der Waals surface area (Å²) in [7, 11) is 0. The van der Waals surface area contributed by atoms with E-state index in [4.69, 9.17) is 5.26 Å². The van der Waals surface area contributed by atoms with Gasteiger partial charge in [-0.3, -0.25) is 4.79 Å². The van der Waals surface area contributed by atoms with Gasteiger partial charge in [-0.05, 0) is 12.8 Å². The number of rotatable bonds is 11. The molecule has 3 heteroatoms. The SMILES string of the molecule is CCCCCCCCCCNC(=O)C(C#N)CC. The van der Waals surface area contributed by atoms with Gasteiger partial charge in [-0.25, -0.2) is 0 Å². The number of unbranched alkanes of at least 4 members (excludes halogenated alkanes) is 7. The van der Waals surface area contributed by atoms with Crippen LogP contribution in [0, 0.1) is 17.2 Å². The van der Waals surface area contributed by atoms with Crippen LogP contribution in [0.4, 0.5) is 0 Å². The molecule has 3 nitrogen and oxygen atoms in total. The van der Waals surface area contributed by atoms with Gasteiger partial charge in [0.2, 0.25) is 5.91 Å². The van der Waals surface area contributed by atoms with Gasteiger partial charge in [-0.2, -0.15) is 5.26 Å². The molecule has 0 spiro atoms. The van der Waals surface area contributed by atoms with Gasteiger partial charge in [-0.1, -0.05) is 58.8 Å². The number of hydrogen-bond donors (Lipinski definition) is 1. The smallest absolute Gasteiger partial charge is 0.237 e. The molecule has 104 valence electrons. The van der Waals surface area contributed by atoms with E-state index in [9.17, 15) is 4.79 Å². The lowest BCUT2D eigenvalue weighted by Crippen LogP contribution is -2.30. The van der Waals surface area contributed by atoms with Crippen LogP contribution in [0.2, 0.25) is 0 Å². The van der Waals surface area contributed by atoms with Gasteiger partial charge in [0.05, 0.1) is 6.07 Å². The van der Waals surface area contributed by atoms with Crippen molar-refractivity contribution >= 4 is 5.91 Å². The summed E-state index contributed by atoms with van der Waals surface area (Å²) in [5, 5.41) is 11.6. The minimum atomic E-state index is -0.473. The highest BCUT2D eigenvalue weighted by Gasteiger charge is 2.13. The molecule has 1 amide bonds. The van der Waals surface area contributed by atoms with Crippen LogP contribution in [0.5, 0.6) is 0 Å². The van der Waals surface area contributed by atoms with Gasteiger partial charge in [0.15, 0.2) is 0 Å². The van der Waals surface area contributed by atoms with E-state index >= 15 is 0 Å². The van der Waals surface area contributed by atoms with E-state index in [0.29, 0.717) is 13.0 Å². The molecule has 0 heterocycles. The molecule has 0 aromatic rings. The monoisotopic (exact) mass is 252 g/mol. The van der Waals surface area contributed by atoms with Crippen molar-refractivity contribution in [3.05, 3.63) is 0 Å². The Bertz CT molecular complexity index is 245. The second kappa shape index (κ2) is 12.4. The fourth-order valence-electron chi connectivity index (χ4n) is 1.93. The molecule has 0 saturated heterocycles. The van der Waals surface area contributed by atoms with Gasteiger partial charge in [0, 0.05) is 6.54 Å². The fraction of sp³-hybridized carbons (Fsp3) is 0.867. The predicted octanol–water partition coefficient (Wildman–Crippen LogP) is 3.79. The van der Waals surface area contributed by atoms with Gasteiger partial charge < -0.3 is 5.32 Å². The maximum Gasteiger partial charge on any atom is 0.237 e. The average molecular weight is 252 g/mol. The van der Waals surface area contributed by atoms with E-state index in [0.717, 1.165) is 6.42 Å². The molecular weight excluding hydrogens is 224 g/mol. The summed E-state index contributed by atoms with van der Waals surface area (Å²) in [5.41, 5.74) is 0. The second-order valence-electron chi connectivity index (χ2n) is 4.86. The van der Waals surface area contributed by atoms with Crippen molar-refractivity contribution < 1.29 is 4.79 Å². The Morgan fingerprint density at radius 3 is 2.11 bits per heavy atom. The molecule has 0 rings (SSSR count). The molecule has 1 N–H and O–H groups in total. The predicted molar refractivity (Wildman–Crippen MR) is 75.0 cm³/mol. The highest BCUT2D eigenvalue weighted by Crippen LogP contribution is 2.08. The average Bonchev–Trinajstić information content (AvgIpc) is 2.38. The summed E-state index contributed by atoms with van der Waals surface area (Å²) in [6.07, 6.45) is 10.7. The van der Waals surface area contributed by atoms with Crippen molar-refractivity contribution in [2.24, 2.45) is 5.92 Å². The van der Waals surface area contributed by atoms with E-state index in [-0.39, 0.29) is 5.91 Å². The topological polar surface area (TPSA) is 52.9 Å². The molecule has 0 aliphatic heterocycles. The van der Waals surface area contributed by atoms with Crippen molar-refractivity contribution in [1.82, 2.24) is 5.32 Å². The lowest BCUT2D eigenvalue weighted by molar-refractivity contribution is -0.123. The first-order chi connectivity index (χ1) is 8.76. The zero-order chi connectivity index (χ0) is 13.6. The van der Waals surface area contributed by atoms with E-state index in [2.05, 4.69) is 12.2 Å². The van der Waals surface area contributed by atoms with Crippen molar-refractivity contribution in [3.8, 4) is 6.07 Å². The molecule has 1 unspecified atom stereocenters. The standard InChI is InChI=1S/C15H28N2O/c1-3-5-6-7-8-9-10-11-12-17-15(18)14(4-2)13-16/h14H,3-12H2,1-2H3,(H,17,18). The molecule has 0 bridgehead atoms. The van der Waals surface area contributed by atoms with Crippen LogP contribution in [0.1, 0.15) is 71.6 Å². The normalized spacial score (nSPS) is 11.8. The zero-order valence-electron chi connectivity index (χ0n) is 12.0.